The molecule has 1 aromatic carbocycles. The van der Waals surface area contributed by atoms with Gasteiger partial charge < -0.3 is 10.2 Å². The summed E-state index contributed by atoms with van der Waals surface area (Å²) in [5.41, 5.74) is 2.67. The fourth-order valence-corrected chi connectivity index (χ4v) is 2.90. The van der Waals surface area contributed by atoms with Crippen molar-refractivity contribution in [2.45, 2.75) is 38.5 Å². The lowest BCUT2D eigenvalue weighted by Gasteiger charge is -2.29. The van der Waals surface area contributed by atoms with Crippen LogP contribution >= 0.6 is 0 Å². The van der Waals surface area contributed by atoms with Crippen LogP contribution in [0.2, 0.25) is 0 Å². The quantitative estimate of drug-likeness (QED) is 0.864. The highest BCUT2D eigenvalue weighted by Gasteiger charge is 2.16. The zero-order valence-corrected chi connectivity index (χ0v) is 11.2. The molecule has 1 heterocycles. The number of nitrogens with zero attached hydrogens (tertiary/aromatic N) is 1. The van der Waals surface area contributed by atoms with E-state index in [0.29, 0.717) is 0 Å². The molecular formula is C16H24N2. The zero-order chi connectivity index (χ0) is 12.2. The predicted octanol–water partition coefficient (Wildman–Crippen LogP) is 3.89. The third-order valence-electron chi connectivity index (χ3n) is 4.41. The monoisotopic (exact) mass is 244 g/mol. The maximum absolute atomic E-state index is 3.56. The Kier molecular flexibility index (Phi) is 3.72. The molecule has 1 saturated heterocycles. The van der Waals surface area contributed by atoms with Gasteiger partial charge in [0, 0.05) is 31.0 Å². The Balaban J connectivity index is 1.54. The van der Waals surface area contributed by atoms with Gasteiger partial charge in [-0.25, -0.2) is 0 Å². The van der Waals surface area contributed by atoms with Gasteiger partial charge in [0.2, 0.25) is 0 Å². The highest BCUT2D eigenvalue weighted by molar-refractivity contribution is 5.55. The van der Waals surface area contributed by atoms with Crippen LogP contribution in [0.3, 0.4) is 0 Å². The van der Waals surface area contributed by atoms with E-state index in [1.54, 1.807) is 0 Å². The Bertz CT molecular complexity index is 361. The fraction of sp³-hybridized carbons (Fsp3) is 0.625. The van der Waals surface area contributed by atoms with Gasteiger partial charge in [0.05, 0.1) is 0 Å². The number of anilines is 2. The molecule has 2 nitrogen and oxygen atoms in total. The Hall–Kier alpha value is -1.18. The van der Waals surface area contributed by atoms with E-state index in [2.05, 4.69) is 34.5 Å². The molecule has 0 aromatic heterocycles. The summed E-state index contributed by atoms with van der Waals surface area (Å²) in [6.07, 6.45) is 8.36. The molecule has 1 aromatic rings. The normalized spacial score (nSPS) is 20.6. The first-order chi connectivity index (χ1) is 8.92. The first-order valence-corrected chi connectivity index (χ1v) is 7.51. The molecule has 0 radical (unpaired) electrons. The van der Waals surface area contributed by atoms with Crippen LogP contribution < -0.4 is 10.2 Å². The first kappa shape index (κ1) is 11.9. The molecule has 18 heavy (non-hydrogen) atoms. The summed E-state index contributed by atoms with van der Waals surface area (Å²) < 4.78 is 0. The Morgan fingerprint density at radius 2 is 1.67 bits per heavy atom. The molecule has 0 bridgehead atoms. The average Bonchev–Trinajstić information content (AvgIpc) is 2.39. The summed E-state index contributed by atoms with van der Waals surface area (Å²) in [5, 5.41) is 3.56. The van der Waals surface area contributed by atoms with Gasteiger partial charge in [0.1, 0.15) is 0 Å². The molecule has 3 rings (SSSR count). The van der Waals surface area contributed by atoms with E-state index in [4.69, 9.17) is 0 Å². The molecule has 1 aliphatic carbocycles. The largest absolute Gasteiger partial charge is 0.385 e. The van der Waals surface area contributed by atoms with E-state index >= 15 is 0 Å². The maximum Gasteiger partial charge on any atom is 0.0367 e. The summed E-state index contributed by atoms with van der Waals surface area (Å²) >= 11 is 0. The van der Waals surface area contributed by atoms with Crippen molar-refractivity contribution in [3.63, 3.8) is 0 Å². The van der Waals surface area contributed by atoms with E-state index in [0.717, 1.165) is 12.5 Å². The highest BCUT2D eigenvalue weighted by atomic mass is 15.1. The standard InChI is InChI=1S/C16H24N2/c1-2-11-18(12-3-1)16-9-7-15(8-10-16)17-13-14-5-4-6-14/h7-10,14,17H,1-6,11-13H2. The third kappa shape index (κ3) is 2.80. The second-order valence-corrected chi connectivity index (χ2v) is 5.77. The van der Waals surface area contributed by atoms with E-state index in [-0.39, 0.29) is 0 Å². The van der Waals surface area contributed by atoms with Crippen molar-refractivity contribution < 1.29 is 0 Å². The fourth-order valence-electron chi connectivity index (χ4n) is 2.90. The molecule has 2 aliphatic rings. The van der Waals surface area contributed by atoms with Crippen molar-refractivity contribution in [2.24, 2.45) is 5.92 Å². The lowest BCUT2D eigenvalue weighted by Crippen LogP contribution is -2.29. The van der Waals surface area contributed by atoms with Gasteiger partial charge in [0.15, 0.2) is 0 Å². The lowest BCUT2D eigenvalue weighted by molar-refractivity contribution is 0.333. The van der Waals surface area contributed by atoms with Crippen LogP contribution in [0.1, 0.15) is 38.5 Å². The minimum atomic E-state index is 0.923. The summed E-state index contributed by atoms with van der Waals surface area (Å²) in [5.74, 6) is 0.923. The van der Waals surface area contributed by atoms with Gasteiger partial charge in [-0.05, 0) is 62.3 Å². The zero-order valence-electron chi connectivity index (χ0n) is 11.2. The van der Waals surface area contributed by atoms with Gasteiger partial charge in [-0.2, -0.15) is 0 Å². The number of hydrogen-bond donors (Lipinski definition) is 1. The first-order valence-electron chi connectivity index (χ1n) is 7.51. The number of rotatable bonds is 4. The van der Waals surface area contributed by atoms with Crippen molar-refractivity contribution in [1.29, 1.82) is 0 Å². The van der Waals surface area contributed by atoms with Crippen molar-refractivity contribution in [1.82, 2.24) is 0 Å². The van der Waals surface area contributed by atoms with Crippen LogP contribution in [0, 0.1) is 5.92 Å². The smallest absolute Gasteiger partial charge is 0.0367 e. The predicted molar refractivity (Wildman–Crippen MR) is 78.3 cm³/mol. The topological polar surface area (TPSA) is 15.3 Å². The minimum absolute atomic E-state index is 0.923. The second-order valence-electron chi connectivity index (χ2n) is 5.77. The molecule has 0 spiro atoms. The SMILES string of the molecule is c1cc(N2CCCCC2)ccc1NCC1CCC1. The van der Waals surface area contributed by atoms with Crippen LogP contribution in [-0.2, 0) is 0 Å². The van der Waals surface area contributed by atoms with E-state index < -0.39 is 0 Å². The molecule has 0 atom stereocenters. The molecule has 2 fully saturated rings. The molecule has 1 saturated carbocycles. The number of piperidine rings is 1. The number of nitrogens with one attached hydrogen (secondary N) is 1. The van der Waals surface area contributed by atoms with Gasteiger partial charge in [-0.15, -0.1) is 0 Å². The molecule has 1 aliphatic heterocycles. The van der Waals surface area contributed by atoms with E-state index in [1.807, 2.05) is 0 Å². The maximum atomic E-state index is 3.56. The molecule has 0 amide bonds. The van der Waals surface area contributed by atoms with Gasteiger partial charge in [-0.1, -0.05) is 6.42 Å². The Morgan fingerprint density at radius 1 is 0.944 bits per heavy atom. The summed E-state index contributed by atoms with van der Waals surface area (Å²) in [6.45, 7) is 3.62. The lowest BCUT2D eigenvalue weighted by atomic mass is 9.85. The number of hydrogen-bond acceptors (Lipinski definition) is 2. The van der Waals surface area contributed by atoms with Crippen molar-refractivity contribution >= 4 is 11.4 Å². The molecule has 98 valence electrons. The van der Waals surface area contributed by atoms with E-state index in [1.165, 1.54) is 63.0 Å². The van der Waals surface area contributed by atoms with Gasteiger partial charge >= 0.3 is 0 Å². The molecular weight excluding hydrogens is 220 g/mol. The van der Waals surface area contributed by atoms with Crippen LogP contribution in [0.5, 0.6) is 0 Å². The van der Waals surface area contributed by atoms with Crippen LogP contribution in [-0.4, -0.2) is 19.6 Å². The van der Waals surface area contributed by atoms with Crippen LogP contribution in [0.15, 0.2) is 24.3 Å². The van der Waals surface area contributed by atoms with Crippen molar-refractivity contribution in [3.8, 4) is 0 Å². The average molecular weight is 244 g/mol. The van der Waals surface area contributed by atoms with Crippen LogP contribution in [0.4, 0.5) is 11.4 Å². The third-order valence-corrected chi connectivity index (χ3v) is 4.41. The highest BCUT2D eigenvalue weighted by Crippen LogP contribution is 2.27. The van der Waals surface area contributed by atoms with Gasteiger partial charge in [0.25, 0.3) is 0 Å². The summed E-state index contributed by atoms with van der Waals surface area (Å²) in [6, 6.07) is 9.02. The minimum Gasteiger partial charge on any atom is -0.385 e. The Morgan fingerprint density at radius 3 is 2.28 bits per heavy atom. The van der Waals surface area contributed by atoms with E-state index in [9.17, 15) is 0 Å². The van der Waals surface area contributed by atoms with Crippen molar-refractivity contribution in [2.75, 3.05) is 29.9 Å². The number of benzene rings is 1. The Labute approximate surface area is 110 Å². The van der Waals surface area contributed by atoms with Gasteiger partial charge in [-0.3, -0.25) is 0 Å². The summed E-state index contributed by atoms with van der Waals surface area (Å²) in [7, 11) is 0. The van der Waals surface area contributed by atoms with Crippen molar-refractivity contribution in [3.05, 3.63) is 24.3 Å². The summed E-state index contributed by atoms with van der Waals surface area (Å²) in [4.78, 5) is 2.51. The molecule has 2 heteroatoms. The molecule has 0 unspecified atom stereocenters. The second kappa shape index (κ2) is 5.64. The molecule has 1 N–H and O–H groups in total. The van der Waals surface area contributed by atoms with Crippen LogP contribution in [0.25, 0.3) is 0 Å².